The Balaban J connectivity index is 2.08. The fraction of sp³-hybridized carbons (Fsp3) is 0.350. The topological polar surface area (TPSA) is 93.4 Å². The normalized spacial score (nSPS) is 16.9. The number of nitrogens with two attached hydrogens (primary N) is 1. The lowest BCUT2D eigenvalue weighted by molar-refractivity contribution is 0.0446. The number of benzene rings is 1. The van der Waals surface area contributed by atoms with Crippen molar-refractivity contribution in [2.45, 2.75) is 26.5 Å². The lowest BCUT2D eigenvalue weighted by Crippen LogP contribution is -2.30. The van der Waals surface area contributed by atoms with Crippen LogP contribution in [0.15, 0.2) is 36.0 Å². The van der Waals surface area contributed by atoms with E-state index < -0.39 is 0 Å². The van der Waals surface area contributed by atoms with E-state index in [4.69, 9.17) is 10.5 Å². The van der Waals surface area contributed by atoms with Gasteiger partial charge in [-0.3, -0.25) is 4.79 Å². The third kappa shape index (κ3) is 3.50. The Morgan fingerprint density at radius 3 is 2.85 bits per heavy atom. The maximum absolute atomic E-state index is 12.3. The minimum atomic E-state index is -0.301. The number of methoxy groups -OCH3 is 1. The van der Waals surface area contributed by atoms with Crippen molar-refractivity contribution in [1.82, 2.24) is 20.4 Å². The van der Waals surface area contributed by atoms with Crippen LogP contribution in [0.25, 0.3) is 16.5 Å². The van der Waals surface area contributed by atoms with Gasteiger partial charge in [-0.05, 0) is 25.0 Å². The molecule has 0 spiro atoms. The number of amides is 1. The fourth-order valence-corrected chi connectivity index (χ4v) is 3.17. The van der Waals surface area contributed by atoms with Crippen LogP contribution < -0.4 is 11.1 Å². The first-order chi connectivity index (χ1) is 13.0. The summed E-state index contributed by atoms with van der Waals surface area (Å²) >= 11 is 0. The molecule has 0 fully saturated rings. The molecular weight excluding hydrogens is 342 g/mol. The van der Waals surface area contributed by atoms with Gasteiger partial charge in [-0.2, -0.15) is 0 Å². The molecule has 0 saturated heterocycles. The second-order valence-electron chi connectivity index (χ2n) is 6.60. The number of nitrogens with zero attached hydrogens (tertiary/aromatic N) is 3. The van der Waals surface area contributed by atoms with E-state index in [0.717, 1.165) is 28.5 Å². The van der Waals surface area contributed by atoms with E-state index in [1.807, 2.05) is 50.2 Å². The molecular formula is C20H25N5O2. The fourth-order valence-electron chi connectivity index (χ4n) is 3.17. The zero-order valence-corrected chi connectivity index (χ0v) is 16.1. The van der Waals surface area contributed by atoms with Crippen LogP contribution in [0, 0.1) is 0 Å². The summed E-state index contributed by atoms with van der Waals surface area (Å²) in [6.45, 7) is 4.59. The van der Waals surface area contributed by atoms with E-state index in [0.29, 0.717) is 17.7 Å². The Bertz CT molecular complexity index is 935. The molecule has 0 saturated carbocycles. The molecule has 1 amide bonds. The molecule has 3 N–H and O–H groups in total. The van der Waals surface area contributed by atoms with Crippen LogP contribution in [-0.4, -0.2) is 47.9 Å². The molecule has 142 valence electrons. The second kappa shape index (κ2) is 7.75. The third-order valence-electron chi connectivity index (χ3n) is 4.67. The molecule has 0 aliphatic carbocycles. The van der Waals surface area contributed by atoms with Gasteiger partial charge in [0, 0.05) is 43.4 Å². The quantitative estimate of drug-likeness (QED) is 0.844. The molecule has 27 heavy (non-hydrogen) atoms. The van der Waals surface area contributed by atoms with Crippen molar-refractivity contribution in [1.29, 1.82) is 0 Å². The summed E-state index contributed by atoms with van der Waals surface area (Å²) in [5.41, 5.74) is 10.5. The van der Waals surface area contributed by atoms with E-state index in [1.54, 1.807) is 7.11 Å². The number of allylic oxidation sites excluding steroid dienone is 2. The summed E-state index contributed by atoms with van der Waals surface area (Å²) in [5.74, 6) is -0.301. The lowest BCUT2D eigenvalue weighted by Gasteiger charge is -2.29. The molecule has 1 aromatic carbocycles. The number of ether oxygens (including phenoxy) is 1. The molecule has 1 aromatic heterocycles. The van der Waals surface area contributed by atoms with Gasteiger partial charge in [0.2, 0.25) is 0 Å². The van der Waals surface area contributed by atoms with Crippen LogP contribution in [0.4, 0.5) is 5.69 Å². The van der Waals surface area contributed by atoms with Crippen LogP contribution in [0.3, 0.4) is 0 Å². The maximum atomic E-state index is 12.3. The van der Waals surface area contributed by atoms with Crippen LogP contribution in [0.1, 0.15) is 36.3 Å². The number of hydrogen-bond acceptors (Lipinski definition) is 6. The van der Waals surface area contributed by atoms with Crippen molar-refractivity contribution in [3.8, 4) is 0 Å². The predicted molar refractivity (Wildman–Crippen MR) is 107 cm³/mol. The van der Waals surface area contributed by atoms with Crippen LogP contribution in [0.5, 0.6) is 0 Å². The minimum absolute atomic E-state index is 0.103. The SMILES string of the molecule is CCCNC(=O)c1nnc2c(C3=CN(C)C(OC)C=C3C)cccc2c1N. The third-order valence-corrected chi connectivity index (χ3v) is 4.67. The molecule has 7 heteroatoms. The first-order valence-electron chi connectivity index (χ1n) is 8.96. The van der Waals surface area contributed by atoms with Gasteiger partial charge in [0.25, 0.3) is 5.91 Å². The first-order valence-corrected chi connectivity index (χ1v) is 8.96. The van der Waals surface area contributed by atoms with Gasteiger partial charge in [0.05, 0.1) is 5.69 Å². The predicted octanol–water partition coefficient (Wildman–Crippen LogP) is 2.56. The summed E-state index contributed by atoms with van der Waals surface area (Å²) in [4.78, 5) is 14.3. The number of likely N-dealkylation sites (N-methyl/N-ethyl adjacent to an activating group) is 1. The Kier molecular flexibility index (Phi) is 5.41. The Labute approximate surface area is 158 Å². The molecule has 2 aromatic rings. The highest BCUT2D eigenvalue weighted by Crippen LogP contribution is 2.34. The largest absolute Gasteiger partial charge is 0.396 e. The number of hydrogen-bond donors (Lipinski definition) is 2. The van der Waals surface area contributed by atoms with Crippen LogP contribution in [-0.2, 0) is 4.74 Å². The Hall–Kier alpha value is -2.93. The summed E-state index contributed by atoms with van der Waals surface area (Å²) in [7, 11) is 3.64. The number of nitrogen functional groups attached to an aromatic ring is 1. The highest BCUT2D eigenvalue weighted by Gasteiger charge is 2.21. The molecule has 2 heterocycles. The van der Waals surface area contributed by atoms with E-state index in [1.165, 1.54) is 0 Å². The maximum Gasteiger partial charge on any atom is 0.273 e. The molecule has 3 rings (SSSR count). The zero-order valence-electron chi connectivity index (χ0n) is 16.1. The molecule has 0 radical (unpaired) electrons. The number of nitrogens with one attached hydrogen (secondary N) is 1. The van der Waals surface area contributed by atoms with Crippen molar-refractivity contribution in [2.24, 2.45) is 0 Å². The number of carbonyl (C=O) groups excluding carboxylic acids is 1. The Morgan fingerprint density at radius 1 is 1.37 bits per heavy atom. The van der Waals surface area contributed by atoms with Crippen molar-refractivity contribution in [3.63, 3.8) is 0 Å². The molecule has 7 nitrogen and oxygen atoms in total. The minimum Gasteiger partial charge on any atom is -0.396 e. The monoisotopic (exact) mass is 367 g/mol. The average Bonchev–Trinajstić information content (AvgIpc) is 2.67. The lowest BCUT2D eigenvalue weighted by atomic mass is 9.94. The van der Waals surface area contributed by atoms with Gasteiger partial charge in [-0.15, -0.1) is 10.2 Å². The van der Waals surface area contributed by atoms with Crippen LogP contribution in [0.2, 0.25) is 0 Å². The number of fused-ring (bicyclic) bond motifs is 1. The van der Waals surface area contributed by atoms with E-state index in [-0.39, 0.29) is 17.8 Å². The highest BCUT2D eigenvalue weighted by atomic mass is 16.5. The number of rotatable bonds is 5. The average molecular weight is 367 g/mol. The van der Waals surface area contributed by atoms with Gasteiger partial charge in [-0.25, -0.2) is 0 Å². The standard InChI is InChI=1S/C20H25N5O2/c1-5-9-22-20(26)19-17(21)14-8-6-7-13(18(14)23-24-19)15-11-25(3)16(27-4)10-12(15)2/h6-8,10-11,16H,5,9H2,1-4H3,(H2,21,23)(H,22,26). The van der Waals surface area contributed by atoms with Gasteiger partial charge >= 0.3 is 0 Å². The van der Waals surface area contributed by atoms with Crippen molar-refractivity contribution >= 4 is 28.1 Å². The molecule has 0 bridgehead atoms. The van der Waals surface area contributed by atoms with Crippen LogP contribution >= 0.6 is 0 Å². The van der Waals surface area contributed by atoms with Gasteiger partial charge in [0.15, 0.2) is 5.69 Å². The smallest absolute Gasteiger partial charge is 0.273 e. The summed E-state index contributed by atoms with van der Waals surface area (Å²) < 4.78 is 5.45. The van der Waals surface area contributed by atoms with Crippen molar-refractivity contribution < 1.29 is 9.53 Å². The number of aromatic nitrogens is 2. The van der Waals surface area contributed by atoms with E-state index in [2.05, 4.69) is 21.6 Å². The second-order valence-corrected chi connectivity index (χ2v) is 6.60. The van der Waals surface area contributed by atoms with E-state index >= 15 is 0 Å². The number of carbonyl (C=O) groups is 1. The Morgan fingerprint density at radius 2 is 2.15 bits per heavy atom. The zero-order chi connectivity index (χ0) is 19.6. The molecule has 1 aliphatic heterocycles. The first kappa shape index (κ1) is 18.8. The van der Waals surface area contributed by atoms with E-state index in [9.17, 15) is 4.79 Å². The molecule has 1 unspecified atom stereocenters. The van der Waals surface area contributed by atoms with Gasteiger partial charge < -0.3 is 20.7 Å². The van der Waals surface area contributed by atoms with Gasteiger partial charge in [0.1, 0.15) is 11.7 Å². The molecule has 1 aliphatic rings. The van der Waals surface area contributed by atoms with Crippen molar-refractivity contribution in [2.75, 3.05) is 26.4 Å². The summed E-state index contributed by atoms with van der Waals surface area (Å²) in [6, 6.07) is 5.76. The summed E-state index contributed by atoms with van der Waals surface area (Å²) in [5, 5.41) is 12.0. The number of anilines is 1. The van der Waals surface area contributed by atoms with Gasteiger partial charge in [-0.1, -0.05) is 25.1 Å². The molecule has 1 atom stereocenters. The highest BCUT2D eigenvalue weighted by molar-refractivity contribution is 6.07. The summed E-state index contributed by atoms with van der Waals surface area (Å²) in [6.07, 6.45) is 4.82. The van der Waals surface area contributed by atoms with Crippen molar-refractivity contribution in [3.05, 3.63) is 47.3 Å².